The molecule has 1 unspecified atom stereocenters. The van der Waals surface area contributed by atoms with Gasteiger partial charge in [0.25, 0.3) is 0 Å². The topological polar surface area (TPSA) is 92.5 Å². The fraction of sp³-hybridized carbons (Fsp3) is 0.600. The van der Waals surface area contributed by atoms with Crippen molar-refractivity contribution >= 4 is 0 Å². The average molecular weight is 234 g/mol. The van der Waals surface area contributed by atoms with E-state index in [9.17, 15) is 0 Å². The molecule has 0 spiro atoms. The number of aromatic nitrogens is 5. The van der Waals surface area contributed by atoms with E-state index in [-0.39, 0.29) is 5.54 Å². The SMILES string of the molecule is CCC1(c2nc(-c3ncn[nH]3)no2)CCCN1. The molecule has 1 saturated heterocycles. The van der Waals surface area contributed by atoms with Gasteiger partial charge < -0.3 is 9.84 Å². The molecule has 0 saturated carbocycles. The number of hydrogen-bond donors (Lipinski definition) is 2. The van der Waals surface area contributed by atoms with Crippen LogP contribution in [0.4, 0.5) is 0 Å². The van der Waals surface area contributed by atoms with Gasteiger partial charge in [-0.1, -0.05) is 12.1 Å². The van der Waals surface area contributed by atoms with Crippen LogP contribution in [0.2, 0.25) is 0 Å². The van der Waals surface area contributed by atoms with E-state index in [1.807, 2.05) is 0 Å². The minimum atomic E-state index is -0.161. The fourth-order valence-electron chi connectivity index (χ4n) is 2.27. The van der Waals surface area contributed by atoms with Gasteiger partial charge >= 0.3 is 0 Å². The van der Waals surface area contributed by atoms with Gasteiger partial charge in [-0.15, -0.1) is 0 Å². The van der Waals surface area contributed by atoms with E-state index in [0.29, 0.717) is 17.5 Å². The second-order valence-corrected chi connectivity index (χ2v) is 4.22. The first-order valence-electron chi connectivity index (χ1n) is 5.79. The molecule has 0 amide bonds. The van der Waals surface area contributed by atoms with Crippen molar-refractivity contribution in [3.05, 3.63) is 12.2 Å². The van der Waals surface area contributed by atoms with Gasteiger partial charge in [0, 0.05) is 0 Å². The van der Waals surface area contributed by atoms with Crippen LogP contribution in [0.25, 0.3) is 11.6 Å². The van der Waals surface area contributed by atoms with Crippen molar-refractivity contribution < 1.29 is 4.52 Å². The van der Waals surface area contributed by atoms with Crippen molar-refractivity contribution in [2.75, 3.05) is 6.54 Å². The maximum atomic E-state index is 5.36. The predicted molar refractivity (Wildman–Crippen MR) is 58.9 cm³/mol. The van der Waals surface area contributed by atoms with Gasteiger partial charge in [-0.05, 0) is 25.8 Å². The van der Waals surface area contributed by atoms with Gasteiger partial charge in [0.1, 0.15) is 6.33 Å². The Hall–Kier alpha value is -1.76. The summed E-state index contributed by atoms with van der Waals surface area (Å²) in [5.41, 5.74) is -0.161. The first-order chi connectivity index (χ1) is 8.34. The molecule has 2 aromatic heterocycles. The van der Waals surface area contributed by atoms with E-state index in [1.165, 1.54) is 6.33 Å². The highest BCUT2D eigenvalue weighted by molar-refractivity contribution is 5.40. The molecule has 1 aliphatic rings. The molecule has 90 valence electrons. The Kier molecular flexibility index (Phi) is 2.40. The molecule has 0 aromatic carbocycles. The van der Waals surface area contributed by atoms with E-state index in [1.54, 1.807) is 0 Å². The van der Waals surface area contributed by atoms with Crippen molar-refractivity contribution in [1.82, 2.24) is 30.6 Å². The van der Waals surface area contributed by atoms with Gasteiger partial charge in [0.2, 0.25) is 11.7 Å². The van der Waals surface area contributed by atoms with Crippen LogP contribution in [0.5, 0.6) is 0 Å². The largest absolute Gasteiger partial charge is 0.337 e. The average Bonchev–Trinajstić information content (AvgIpc) is 3.10. The Balaban J connectivity index is 1.94. The highest BCUT2D eigenvalue weighted by Crippen LogP contribution is 2.33. The Labute approximate surface area is 98.0 Å². The van der Waals surface area contributed by atoms with Gasteiger partial charge in [0.05, 0.1) is 5.54 Å². The van der Waals surface area contributed by atoms with Crippen molar-refractivity contribution in [2.45, 2.75) is 31.7 Å². The molecule has 1 aliphatic heterocycles. The summed E-state index contributed by atoms with van der Waals surface area (Å²) < 4.78 is 5.36. The summed E-state index contributed by atoms with van der Waals surface area (Å²) in [6, 6.07) is 0. The minimum absolute atomic E-state index is 0.161. The van der Waals surface area contributed by atoms with Crippen LogP contribution in [0.3, 0.4) is 0 Å². The lowest BCUT2D eigenvalue weighted by atomic mass is 9.94. The van der Waals surface area contributed by atoms with Gasteiger partial charge in [-0.3, -0.25) is 5.10 Å². The minimum Gasteiger partial charge on any atom is -0.337 e. The molecule has 3 heterocycles. The van der Waals surface area contributed by atoms with Gasteiger partial charge in [-0.25, -0.2) is 4.98 Å². The first kappa shape index (κ1) is 10.4. The second kappa shape index (κ2) is 3.92. The fourth-order valence-corrected chi connectivity index (χ4v) is 2.27. The van der Waals surface area contributed by atoms with E-state index in [0.717, 1.165) is 25.8 Å². The Morgan fingerprint density at radius 3 is 3.12 bits per heavy atom. The summed E-state index contributed by atoms with van der Waals surface area (Å²) in [6.07, 6.45) is 4.52. The van der Waals surface area contributed by atoms with Crippen LogP contribution < -0.4 is 5.32 Å². The van der Waals surface area contributed by atoms with Crippen molar-refractivity contribution in [2.24, 2.45) is 0 Å². The molecule has 1 atom stereocenters. The van der Waals surface area contributed by atoms with E-state index in [4.69, 9.17) is 4.52 Å². The number of nitrogens with zero attached hydrogens (tertiary/aromatic N) is 4. The quantitative estimate of drug-likeness (QED) is 0.817. The molecular weight excluding hydrogens is 220 g/mol. The maximum absolute atomic E-state index is 5.36. The molecule has 0 radical (unpaired) electrons. The lowest BCUT2D eigenvalue weighted by Gasteiger charge is -2.22. The lowest BCUT2D eigenvalue weighted by molar-refractivity contribution is 0.250. The normalized spacial score (nSPS) is 24.3. The number of rotatable bonds is 3. The van der Waals surface area contributed by atoms with E-state index < -0.39 is 0 Å². The summed E-state index contributed by atoms with van der Waals surface area (Å²) >= 11 is 0. The molecular formula is C10H14N6O. The van der Waals surface area contributed by atoms with E-state index >= 15 is 0 Å². The Morgan fingerprint density at radius 1 is 1.53 bits per heavy atom. The third-order valence-electron chi connectivity index (χ3n) is 3.31. The molecule has 7 nitrogen and oxygen atoms in total. The highest BCUT2D eigenvalue weighted by Gasteiger charge is 2.39. The summed E-state index contributed by atoms with van der Waals surface area (Å²) in [4.78, 5) is 8.41. The zero-order chi connectivity index (χ0) is 11.7. The Morgan fingerprint density at radius 2 is 2.47 bits per heavy atom. The smallest absolute Gasteiger partial charge is 0.247 e. The van der Waals surface area contributed by atoms with Crippen molar-refractivity contribution in [1.29, 1.82) is 0 Å². The molecule has 17 heavy (non-hydrogen) atoms. The first-order valence-corrected chi connectivity index (χ1v) is 5.79. The van der Waals surface area contributed by atoms with Crippen LogP contribution in [-0.2, 0) is 5.54 Å². The number of aromatic amines is 1. The van der Waals surface area contributed by atoms with Gasteiger partial charge in [0.15, 0.2) is 5.82 Å². The number of nitrogens with one attached hydrogen (secondary N) is 2. The maximum Gasteiger partial charge on any atom is 0.247 e. The predicted octanol–water partition coefficient (Wildman–Crippen LogP) is 0.843. The molecule has 0 aliphatic carbocycles. The second-order valence-electron chi connectivity index (χ2n) is 4.22. The Bertz CT molecular complexity index is 485. The molecule has 1 fully saturated rings. The number of H-pyrrole nitrogens is 1. The van der Waals surface area contributed by atoms with Crippen LogP contribution in [0, 0.1) is 0 Å². The molecule has 2 aromatic rings. The van der Waals surface area contributed by atoms with Crippen LogP contribution >= 0.6 is 0 Å². The zero-order valence-electron chi connectivity index (χ0n) is 9.60. The van der Waals surface area contributed by atoms with Gasteiger partial charge in [-0.2, -0.15) is 10.1 Å². The summed E-state index contributed by atoms with van der Waals surface area (Å²) in [7, 11) is 0. The third kappa shape index (κ3) is 1.62. The third-order valence-corrected chi connectivity index (χ3v) is 3.31. The molecule has 2 N–H and O–H groups in total. The summed E-state index contributed by atoms with van der Waals surface area (Å²) in [5.74, 6) is 1.63. The van der Waals surface area contributed by atoms with Crippen LogP contribution in [0.15, 0.2) is 10.9 Å². The lowest BCUT2D eigenvalue weighted by Crippen LogP contribution is -2.36. The molecule has 3 rings (SSSR count). The molecule has 7 heteroatoms. The highest BCUT2D eigenvalue weighted by atomic mass is 16.5. The van der Waals surface area contributed by atoms with E-state index in [2.05, 4.69) is 37.6 Å². The number of hydrogen-bond acceptors (Lipinski definition) is 6. The summed E-state index contributed by atoms with van der Waals surface area (Å²) in [6.45, 7) is 3.12. The van der Waals surface area contributed by atoms with Crippen molar-refractivity contribution in [3.63, 3.8) is 0 Å². The zero-order valence-corrected chi connectivity index (χ0v) is 9.60. The van der Waals surface area contributed by atoms with Crippen molar-refractivity contribution in [3.8, 4) is 11.6 Å². The van der Waals surface area contributed by atoms with Crippen LogP contribution in [0.1, 0.15) is 32.1 Å². The summed E-state index contributed by atoms with van der Waals surface area (Å²) in [5, 5.41) is 13.9. The molecule has 0 bridgehead atoms. The standard InChI is InChI=1S/C10H14N6O/c1-2-10(4-3-5-12-10)9-14-8(16-17-9)7-11-6-13-15-7/h6,12H,2-5H2,1H3,(H,11,13,15). The van der Waals surface area contributed by atoms with Crippen LogP contribution in [-0.4, -0.2) is 31.9 Å². The monoisotopic (exact) mass is 234 g/mol.